The molecule has 0 bridgehead atoms. The molecule has 21 heavy (non-hydrogen) atoms. The number of hydrogen-bond donors (Lipinski definition) is 1. The van der Waals surface area contributed by atoms with Gasteiger partial charge in [0.25, 0.3) is 10.0 Å². The Morgan fingerprint density at radius 1 is 1.05 bits per heavy atom. The lowest BCUT2D eigenvalue weighted by atomic mass is 10.2. The summed E-state index contributed by atoms with van der Waals surface area (Å²) in [5.74, 6) is -0.368. The van der Waals surface area contributed by atoms with E-state index in [-0.39, 0.29) is 17.3 Å². The molecule has 0 radical (unpaired) electrons. The molecule has 1 N–H and O–H groups in total. The van der Waals surface area contributed by atoms with Gasteiger partial charge in [0.15, 0.2) is 0 Å². The van der Waals surface area contributed by atoms with Crippen LogP contribution in [0.2, 0.25) is 0 Å². The summed E-state index contributed by atoms with van der Waals surface area (Å²) in [5.41, 5.74) is 1.19. The van der Waals surface area contributed by atoms with E-state index in [0.29, 0.717) is 11.3 Å². The number of carbonyl (C=O) groups is 1. The predicted octanol–water partition coefficient (Wildman–Crippen LogP) is 2.20. The van der Waals surface area contributed by atoms with Crippen LogP contribution in [0.1, 0.15) is 5.56 Å². The topological polar surface area (TPSA) is 72.5 Å². The molecule has 0 aliphatic rings. The number of anilines is 1. The van der Waals surface area contributed by atoms with Gasteiger partial charge in [-0.1, -0.05) is 30.3 Å². The molecule has 5 nitrogen and oxygen atoms in total. The number of esters is 1. The molecule has 0 amide bonds. The van der Waals surface area contributed by atoms with E-state index in [2.05, 4.69) is 9.46 Å². The monoisotopic (exact) mass is 305 g/mol. The maximum atomic E-state index is 12.2. The molecule has 0 saturated carbocycles. The summed E-state index contributed by atoms with van der Waals surface area (Å²) >= 11 is 0. The number of nitrogens with one attached hydrogen (secondary N) is 1. The van der Waals surface area contributed by atoms with E-state index < -0.39 is 10.0 Å². The average molecular weight is 305 g/mol. The number of sulfonamides is 1. The van der Waals surface area contributed by atoms with E-state index in [4.69, 9.17) is 0 Å². The minimum atomic E-state index is -3.63. The fraction of sp³-hybridized carbons (Fsp3) is 0.133. The highest BCUT2D eigenvalue weighted by molar-refractivity contribution is 7.92. The second-order valence-electron chi connectivity index (χ2n) is 4.37. The summed E-state index contributed by atoms with van der Waals surface area (Å²) < 4.78 is 31.4. The van der Waals surface area contributed by atoms with E-state index in [1.807, 2.05) is 0 Å². The Balaban J connectivity index is 2.15. The standard InChI is InChI=1S/C15H15NO4S/c1-20-15(17)11-12-7-9-14(10-8-12)21(18,19)16-13-5-3-2-4-6-13/h2-10,16H,11H2,1H3. The van der Waals surface area contributed by atoms with Gasteiger partial charge in [0, 0.05) is 5.69 Å². The van der Waals surface area contributed by atoms with Crippen molar-refractivity contribution in [2.45, 2.75) is 11.3 Å². The average Bonchev–Trinajstić information content (AvgIpc) is 2.48. The molecule has 0 aromatic heterocycles. The summed E-state index contributed by atoms with van der Waals surface area (Å²) in [4.78, 5) is 11.3. The highest BCUT2D eigenvalue weighted by atomic mass is 32.2. The molecule has 0 atom stereocenters. The first-order valence-corrected chi connectivity index (χ1v) is 7.73. The zero-order valence-electron chi connectivity index (χ0n) is 11.4. The van der Waals surface area contributed by atoms with Crippen LogP contribution in [0.5, 0.6) is 0 Å². The van der Waals surface area contributed by atoms with Crippen LogP contribution in [-0.4, -0.2) is 21.5 Å². The van der Waals surface area contributed by atoms with Crippen LogP contribution >= 0.6 is 0 Å². The van der Waals surface area contributed by atoms with E-state index in [1.54, 1.807) is 42.5 Å². The lowest BCUT2D eigenvalue weighted by molar-refractivity contribution is -0.139. The van der Waals surface area contributed by atoms with Gasteiger partial charge in [-0.15, -0.1) is 0 Å². The first-order valence-electron chi connectivity index (χ1n) is 6.25. The van der Waals surface area contributed by atoms with Crippen molar-refractivity contribution in [3.8, 4) is 0 Å². The molecule has 0 fully saturated rings. The second-order valence-corrected chi connectivity index (χ2v) is 6.05. The van der Waals surface area contributed by atoms with Gasteiger partial charge in [0.05, 0.1) is 18.4 Å². The number of carbonyl (C=O) groups excluding carboxylic acids is 1. The third-order valence-corrected chi connectivity index (χ3v) is 4.23. The van der Waals surface area contributed by atoms with Crippen LogP contribution in [0.25, 0.3) is 0 Å². The third kappa shape index (κ3) is 4.06. The molecule has 0 aliphatic carbocycles. The van der Waals surface area contributed by atoms with E-state index in [9.17, 15) is 13.2 Å². The summed E-state index contributed by atoms with van der Waals surface area (Å²) in [6, 6.07) is 14.8. The molecule has 0 unspecified atom stereocenters. The summed E-state index contributed by atoms with van der Waals surface area (Å²) in [5, 5.41) is 0. The van der Waals surface area contributed by atoms with Crippen molar-refractivity contribution in [1.82, 2.24) is 0 Å². The summed E-state index contributed by atoms with van der Waals surface area (Å²) in [6.07, 6.45) is 0.114. The molecule has 0 aliphatic heterocycles. The third-order valence-electron chi connectivity index (χ3n) is 2.84. The molecule has 6 heteroatoms. The molecule has 0 spiro atoms. The molecule has 2 rings (SSSR count). The first-order chi connectivity index (χ1) is 10.0. The smallest absolute Gasteiger partial charge is 0.309 e. The van der Waals surface area contributed by atoms with Crippen LogP contribution < -0.4 is 4.72 Å². The number of benzene rings is 2. The van der Waals surface area contributed by atoms with Gasteiger partial charge in [0.2, 0.25) is 0 Å². The maximum Gasteiger partial charge on any atom is 0.309 e. The van der Waals surface area contributed by atoms with Crippen LogP contribution in [0.15, 0.2) is 59.5 Å². The zero-order chi connectivity index (χ0) is 15.3. The molecule has 2 aromatic rings. The minimum absolute atomic E-state index is 0.114. The van der Waals surface area contributed by atoms with Gasteiger partial charge in [-0.25, -0.2) is 8.42 Å². The molecule has 0 heterocycles. The Hall–Kier alpha value is -2.34. The predicted molar refractivity (Wildman–Crippen MR) is 79.4 cm³/mol. The fourth-order valence-corrected chi connectivity index (χ4v) is 2.80. The summed E-state index contributed by atoms with van der Waals surface area (Å²) in [6.45, 7) is 0. The zero-order valence-corrected chi connectivity index (χ0v) is 12.3. The molecule has 2 aromatic carbocycles. The quantitative estimate of drug-likeness (QED) is 0.860. The number of ether oxygens (including phenoxy) is 1. The Labute approximate surface area is 123 Å². The molecular formula is C15H15NO4S. The maximum absolute atomic E-state index is 12.2. The van der Waals surface area contributed by atoms with Crippen molar-refractivity contribution < 1.29 is 17.9 Å². The van der Waals surface area contributed by atoms with E-state index in [1.165, 1.54) is 19.2 Å². The highest BCUT2D eigenvalue weighted by Crippen LogP contribution is 2.16. The fourth-order valence-electron chi connectivity index (χ4n) is 1.75. The highest BCUT2D eigenvalue weighted by Gasteiger charge is 2.14. The summed E-state index contributed by atoms with van der Waals surface area (Å²) in [7, 11) is -2.32. The Morgan fingerprint density at radius 3 is 2.24 bits per heavy atom. The SMILES string of the molecule is COC(=O)Cc1ccc(S(=O)(=O)Nc2ccccc2)cc1. The van der Waals surface area contributed by atoms with Crippen LogP contribution in [0, 0.1) is 0 Å². The minimum Gasteiger partial charge on any atom is -0.469 e. The second kappa shape index (κ2) is 6.41. The van der Waals surface area contributed by atoms with Crippen molar-refractivity contribution in [3.63, 3.8) is 0 Å². The Morgan fingerprint density at radius 2 is 1.67 bits per heavy atom. The van der Waals surface area contributed by atoms with Crippen LogP contribution in [0.4, 0.5) is 5.69 Å². The van der Waals surface area contributed by atoms with Crippen molar-refractivity contribution in [1.29, 1.82) is 0 Å². The normalized spacial score (nSPS) is 10.9. The Bertz CT molecular complexity index is 709. The largest absolute Gasteiger partial charge is 0.469 e. The van der Waals surface area contributed by atoms with Gasteiger partial charge >= 0.3 is 5.97 Å². The number of rotatable bonds is 5. The van der Waals surface area contributed by atoms with Crippen molar-refractivity contribution >= 4 is 21.7 Å². The van der Waals surface area contributed by atoms with Crippen molar-refractivity contribution in [2.75, 3.05) is 11.8 Å². The number of hydrogen-bond acceptors (Lipinski definition) is 4. The van der Waals surface area contributed by atoms with Gasteiger partial charge in [-0.05, 0) is 29.8 Å². The van der Waals surface area contributed by atoms with Gasteiger partial charge < -0.3 is 4.74 Å². The van der Waals surface area contributed by atoms with E-state index in [0.717, 1.165) is 0 Å². The lowest BCUT2D eigenvalue weighted by Crippen LogP contribution is -2.13. The Kier molecular flexibility index (Phi) is 4.59. The van der Waals surface area contributed by atoms with Crippen LogP contribution in [0.3, 0.4) is 0 Å². The van der Waals surface area contributed by atoms with Gasteiger partial charge in [0.1, 0.15) is 0 Å². The molecule has 110 valence electrons. The van der Waals surface area contributed by atoms with Gasteiger partial charge in [-0.3, -0.25) is 9.52 Å². The molecular weight excluding hydrogens is 290 g/mol. The number of para-hydroxylation sites is 1. The first kappa shape index (κ1) is 15.1. The van der Waals surface area contributed by atoms with Gasteiger partial charge in [-0.2, -0.15) is 0 Å². The lowest BCUT2D eigenvalue weighted by Gasteiger charge is -2.08. The van der Waals surface area contributed by atoms with Crippen molar-refractivity contribution in [3.05, 3.63) is 60.2 Å². The molecule has 0 saturated heterocycles. The van der Waals surface area contributed by atoms with Crippen molar-refractivity contribution in [2.24, 2.45) is 0 Å². The number of methoxy groups -OCH3 is 1. The van der Waals surface area contributed by atoms with E-state index >= 15 is 0 Å². The van der Waals surface area contributed by atoms with Crippen LogP contribution in [-0.2, 0) is 26.0 Å².